The van der Waals surface area contributed by atoms with Crippen LogP contribution in [0.1, 0.15) is 24.7 Å². The van der Waals surface area contributed by atoms with Crippen LogP contribution in [-0.2, 0) is 0 Å². The van der Waals surface area contributed by atoms with Gasteiger partial charge in [-0.2, -0.15) is 0 Å². The molecule has 1 unspecified atom stereocenters. The van der Waals surface area contributed by atoms with Gasteiger partial charge in [0.25, 0.3) is 5.56 Å². The monoisotopic (exact) mass is 344 g/mol. The van der Waals surface area contributed by atoms with Crippen molar-refractivity contribution in [3.05, 3.63) is 63.7 Å². The van der Waals surface area contributed by atoms with Crippen molar-refractivity contribution < 1.29 is 4.39 Å². The summed E-state index contributed by atoms with van der Waals surface area (Å²) >= 11 is 6.02. The third kappa shape index (κ3) is 2.39. The summed E-state index contributed by atoms with van der Waals surface area (Å²) in [5.41, 5.74) is 6.75. The summed E-state index contributed by atoms with van der Waals surface area (Å²) in [6.45, 7) is 0. The lowest BCUT2D eigenvalue weighted by molar-refractivity contribution is 0.573. The Kier molecular flexibility index (Phi) is 3.58. The third-order valence-electron chi connectivity index (χ3n) is 4.29. The Morgan fingerprint density at radius 1 is 1.33 bits per heavy atom. The summed E-state index contributed by atoms with van der Waals surface area (Å²) in [6, 6.07) is 5.74. The number of hydrogen-bond donors (Lipinski definition) is 1. The molecule has 7 heteroatoms. The second-order valence-corrected chi connectivity index (χ2v) is 6.32. The number of hydrogen-bond acceptors (Lipinski definition) is 4. The Morgan fingerprint density at radius 3 is 2.79 bits per heavy atom. The topological polar surface area (TPSA) is 73.8 Å². The minimum absolute atomic E-state index is 0.0484. The van der Waals surface area contributed by atoms with Gasteiger partial charge >= 0.3 is 0 Å². The van der Waals surface area contributed by atoms with Crippen molar-refractivity contribution in [1.29, 1.82) is 0 Å². The standard InChI is InChI=1S/C17H14ClFN4O/c18-14-11(19)5-6-12-13(14)17(24)23(10-2-1-7-21-8-10)16(22-12)15(20)9-3-4-9/h1-2,5-9,15H,3-4,20H2. The molecule has 1 aliphatic rings. The number of pyridine rings is 1. The summed E-state index contributed by atoms with van der Waals surface area (Å²) in [5, 5.41) is -0.179. The van der Waals surface area contributed by atoms with E-state index in [2.05, 4.69) is 9.97 Å². The van der Waals surface area contributed by atoms with Crippen LogP contribution in [0, 0.1) is 11.7 Å². The number of nitrogens with zero attached hydrogens (tertiary/aromatic N) is 3. The van der Waals surface area contributed by atoms with Crippen LogP contribution in [0.15, 0.2) is 41.5 Å². The van der Waals surface area contributed by atoms with Crippen LogP contribution < -0.4 is 11.3 Å². The van der Waals surface area contributed by atoms with E-state index in [9.17, 15) is 9.18 Å². The molecule has 1 fully saturated rings. The van der Waals surface area contributed by atoms with Gasteiger partial charge in [0.15, 0.2) is 0 Å². The van der Waals surface area contributed by atoms with Crippen molar-refractivity contribution in [2.75, 3.05) is 0 Å². The van der Waals surface area contributed by atoms with Gasteiger partial charge in [-0.3, -0.25) is 14.3 Å². The van der Waals surface area contributed by atoms with Crippen molar-refractivity contribution in [3.8, 4) is 5.69 Å². The van der Waals surface area contributed by atoms with Gasteiger partial charge in [-0.1, -0.05) is 11.6 Å². The molecule has 1 saturated carbocycles. The summed E-state index contributed by atoms with van der Waals surface area (Å²) in [5.74, 6) is 0.0962. The van der Waals surface area contributed by atoms with Crippen molar-refractivity contribution in [2.24, 2.45) is 11.7 Å². The molecule has 3 aromatic rings. The molecular weight excluding hydrogens is 331 g/mol. The summed E-state index contributed by atoms with van der Waals surface area (Å²) in [4.78, 5) is 21.6. The third-order valence-corrected chi connectivity index (χ3v) is 4.66. The minimum Gasteiger partial charge on any atom is -0.321 e. The number of halogens is 2. The summed E-state index contributed by atoms with van der Waals surface area (Å²) in [6.07, 6.45) is 5.17. The molecular formula is C17H14ClFN4O. The fourth-order valence-electron chi connectivity index (χ4n) is 2.85. The van der Waals surface area contributed by atoms with Crippen LogP contribution in [0.3, 0.4) is 0 Å². The largest absolute Gasteiger partial charge is 0.321 e. The molecule has 5 nitrogen and oxygen atoms in total. The number of nitrogens with two attached hydrogens (primary N) is 1. The first-order valence-corrected chi connectivity index (χ1v) is 8.02. The molecule has 0 spiro atoms. The van der Waals surface area contributed by atoms with Crippen LogP contribution in [0.5, 0.6) is 0 Å². The average molecular weight is 345 g/mol. The molecule has 0 saturated heterocycles. The van der Waals surface area contributed by atoms with Crippen LogP contribution in [0.25, 0.3) is 16.6 Å². The number of fused-ring (bicyclic) bond motifs is 1. The fourth-order valence-corrected chi connectivity index (χ4v) is 3.09. The zero-order valence-corrected chi connectivity index (χ0v) is 13.4. The lowest BCUT2D eigenvalue weighted by Gasteiger charge is -2.18. The maximum absolute atomic E-state index is 13.8. The van der Waals surface area contributed by atoms with Gasteiger partial charge in [-0.05, 0) is 43.0 Å². The number of aromatic nitrogens is 3. The Bertz CT molecular complexity index is 985. The first-order valence-electron chi connectivity index (χ1n) is 7.64. The van der Waals surface area contributed by atoms with Gasteiger partial charge in [0.05, 0.1) is 33.9 Å². The Balaban J connectivity index is 2.09. The van der Waals surface area contributed by atoms with E-state index in [1.165, 1.54) is 16.7 Å². The molecule has 2 N–H and O–H groups in total. The van der Waals surface area contributed by atoms with E-state index < -0.39 is 11.4 Å². The van der Waals surface area contributed by atoms with Crippen molar-refractivity contribution in [1.82, 2.24) is 14.5 Å². The number of benzene rings is 1. The van der Waals surface area contributed by atoms with Crippen molar-refractivity contribution >= 4 is 22.5 Å². The predicted molar refractivity (Wildman–Crippen MR) is 89.8 cm³/mol. The van der Waals surface area contributed by atoms with E-state index in [-0.39, 0.29) is 16.5 Å². The average Bonchev–Trinajstić information content (AvgIpc) is 3.43. The molecule has 4 rings (SSSR count). The van der Waals surface area contributed by atoms with Gasteiger partial charge in [0.1, 0.15) is 11.6 Å². The highest BCUT2D eigenvalue weighted by Gasteiger charge is 2.33. The molecule has 1 aromatic carbocycles. The van der Waals surface area contributed by atoms with Crippen molar-refractivity contribution in [3.63, 3.8) is 0 Å². The van der Waals surface area contributed by atoms with Gasteiger partial charge in [-0.15, -0.1) is 0 Å². The summed E-state index contributed by atoms with van der Waals surface area (Å²) in [7, 11) is 0. The smallest absolute Gasteiger partial charge is 0.267 e. The second-order valence-electron chi connectivity index (χ2n) is 5.94. The van der Waals surface area contributed by atoms with E-state index in [1.807, 2.05) is 0 Å². The Hall–Kier alpha value is -2.31. The molecule has 0 bridgehead atoms. The Labute approximate surface area is 141 Å². The maximum atomic E-state index is 13.8. The molecule has 0 aliphatic heterocycles. The van der Waals surface area contributed by atoms with Crippen LogP contribution in [0.2, 0.25) is 5.02 Å². The highest BCUT2D eigenvalue weighted by Crippen LogP contribution is 2.39. The first kappa shape index (κ1) is 15.2. The van der Waals surface area contributed by atoms with Crippen molar-refractivity contribution in [2.45, 2.75) is 18.9 Å². The zero-order chi connectivity index (χ0) is 16.8. The van der Waals surface area contributed by atoms with Gasteiger partial charge in [0.2, 0.25) is 0 Å². The number of rotatable bonds is 3. The van der Waals surface area contributed by atoms with E-state index in [0.29, 0.717) is 22.9 Å². The fraction of sp³-hybridized carbons (Fsp3) is 0.235. The maximum Gasteiger partial charge on any atom is 0.267 e. The van der Waals surface area contributed by atoms with E-state index in [4.69, 9.17) is 17.3 Å². The minimum atomic E-state index is -0.653. The zero-order valence-electron chi connectivity index (χ0n) is 12.6. The van der Waals surface area contributed by atoms with E-state index >= 15 is 0 Å². The Morgan fingerprint density at radius 2 is 2.12 bits per heavy atom. The predicted octanol–water partition coefficient (Wildman–Crippen LogP) is 2.98. The van der Waals surface area contributed by atoms with Gasteiger partial charge in [0, 0.05) is 6.20 Å². The lowest BCUT2D eigenvalue weighted by atomic mass is 10.1. The normalized spacial score (nSPS) is 15.6. The van der Waals surface area contributed by atoms with Gasteiger partial charge < -0.3 is 5.73 Å². The first-order chi connectivity index (χ1) is 11.6. The molecule has 0 amide bonds. The highest BCUT2D eigenvalue weighted by atomic mass is 35.5. The van der Waals surface area contributed by atoms with Crippen LogP contribution in [-0.4, -0.2) is 14.5 Å². The van der Waals surface area contributed by atoms with Gasteiger partial charge in [-0.25, -0.2) is 9.37 Å². The van der Waals surface area contributed by atoms with E-state index in [0.717, 1.165) is 12.8 Å². The molecule has 1 aliphatic carbocycles. The quantitative estimate of drug-likeness (QED) is 0.792. The second kappa shape index (κ2) is 5.65. The van der Waals surface area contributed by atoms with E-state index in [1.54, 1.807) is 24.5 Å². The lowest BCUT2D eigenvalue weighted by Crippen LogP contribution is -2.29. The SMILES string of the molecule is NC(c1nc2ccc(F)c(Cl)c2c(=O)n1-c1cccnc1)C1CC1. The molecule has 122 valence electrons. The van der Waals surface area contributed by atoms with Crippen LogP contribution >= 0.6 is 11.6 Å². The molecule has 24 heavy (non-hydrogen) atoms. The molecule has 2 aromatic heterocycles. The molecule has 1 atom stereocenters. The molecule has 0 radical (unpaired) electrons. The highest BCUT2D eigenvalue weighted by molar-refractivity contribution is 6.35. The summed E-state index contributed by atoms with van der Waals surface area (Å²) < 4.78 is 15.2. The molecule has 2 heterocycles. The van der Waals surface area contributed by atoms with Crippen LogP contribution in [0.4, 0.5) is 4.39 Å².